The molecule has 0 spiro atoms. The first-order chi connectivity index (χ1) is 9.71. The summed E-state index contributed by atoms with van der Waals surface area (Å²) in [4.78, 5) is 12.3. The molecule has 1 aliphatic rings. The second-order valence-corrected chi connectivity index (χ2v) is 6.78. The number of hydrogen-bond acceptors (Lipinski definition) is 3. The Morgan fingerprint density at radius 2 is 1.95 bits per heavy atom. The van der Waals surface area contributed by atoms with Crippen LogP contribution in [0, 0.1) is 16.7 Å². The van der Waals surface area contributed by atoms with Crippen molar-refractivity contribution >= 4 is 11.7 Å². The molecule has 0 bridgehead atoms. The molecule has 0 saturated heterocycles. The van der Waals surface area contributed by atoms with E-state index in [2.05, 4.69) is 38.2 Å². The standard InChI is InChI=1S/C16H23N3O2/c1-15(2)12(16(15,3)4)14(20)18-9-10-6-5-7-11(8-10)13(17)19-21/h5-8,12,21H,9H2,1-4H3,(H2,17,19)(H,18,20). The Hall–Kier alpha value is -2.04. The molecule has 4 N–H and O–H groups in total. The summed E-state index contributed by atoms with van der Waals surface area (Å²) in [5.74, 6) is 0.184. The van der Waals surface area contributed by atoms with E-state index in [1.165, 1.54) is 0 Å². The summed E-state index contributed by atoms with van der Waals surface area (Å²) in [6.45, 7) is 8.92. The van der Waals surface area contributed by atoms with E-state index in [1.807, 2.05) is 12.1 Å². The molecular formula is C16H23N3O2. The van der Waals surface area contributed by atoms with Crippen LogP contribution in [0.2, 0.25) is 0 Å². The lowest BCUT2D eigenvalue weighted by molar-refractivity contribution is -0.123. The maximum absolute atomic E-state index is 12.3. The number of oxime groups is 1. The van der Waals surface area contributed by atoms with Crippen LogP contribution in [0.25, 0.3) is 0 Å². The molecule has 114 valence electrons. The van der Waals surface area contributed by atoms with Gasteiger partial charge in [0.2, 0.25) is 5.91 Å². The van der Waals surface area contributed by atoms with Gasteiger partial charge in [0.1, 0.15) is 0 Å². The number of carbonyl (C=O) groups excluding carboxylic acids is 1. The van der Waals surface area contributed by atoms with Gasteiger partial charge in [0.25, 0.3) is 0 Å². The van der Waals surface area contributed by atoms with Crippen molar-refractivity contribution in [2.75, 3.05) is 0 Å². The lowest BCUT2D eigenvalue weighted by Gasteiger charge is -2.08. The molecule has 0 aliphatic heterocycles. The van der Waals surface area contributed by atoms with Gasteiger partial charge in [-0.2, -0.15) is 0 Å². The zero-order valence-corrected chi connectivity index (χ0v) is 13.0. The maximum atomic E-state index is 12.3. The molecule has 0 radical (unpaired) electrons. The van der Waals surface area contributed by atoms with Crippen LogP contribution in [0.5, 0.6) is 0 Å². The Bertz CT molecular complexity index is 577. The minimum absolute atomic E-state index is 0.0346. The molecule has 1 amide bonds. The predicted octanol–water partition coefficient (Wildman–Crippen LogP) is 2.08. The number of amides is 1. The highest BCUT2D eigenvalue weighted by molar-refractivity contribution is 5.97. The Kier molecular flexibility index (Phi) is 3.70. The van der Waals surface area contributed by atoms with Gasteiger partial charge in [-0.05, 0) is 22.5 Å². The summed E-state index contributed by atoms with van der Waals surface area (Å²) in [5, 5.41) is 14.6. The van der Waals surface area contributed by atoms with E-state index in [-0.39, 0.29) is 28.5 Å². The van der Waals surface area contributed by atoms with Crippen LogP contribution in [0.15, 0.2) is 29.4 Å². The van der Waals surface area contributed by atoms with E-state index in [0.717, 1.165) is 5.56 Å². The van der Waals surface area contributed by atoms with E-state index in [4.69, 9.17) is 10.9 Å². The van der Waals surface area contributed by atoms with Crippen molar-refractivity contribution in [3.05, 3.63) is 35.4 Å². The van der Waals surface area contributed by atoms with Gasteiger partial charge in [0.15, 0.2) is 5.84 Å². The van der Waals surface area contributed by atoms with Gasteiger partial charge in [-0.15, -0.1) is 0 Å². The minimum Gasteiger partial charge on any atom is -0.409 e. The first kappa shape index (κ1) is 15.4. The third-order valence-electron chi connectivity index (χ3n) is 5.08. The number of amidine groups is 1. The molecule has 1 fully saturated rings. The van der Waals surface area contributed by atoms with Gasteiger partial charge in [-0.3, -0.25) is 4.79 Å². The van der Waals surface area contributed by atoms with Crippen LogP contribution in [0.1, 0.15) is 38.8 Å². The molecule has 0 unspecified atom stereocenters. The molecule has 1 aromatic carbocycles. The highest BCUT2D eigenvalue weighted by Gasteiger charge is 2.68. The van der Waals surface area contributed by atoms with Crippen LogP contribution in [0.3, 0.4) is 0 Å². The fourth-order valence-corrected chi connectivity index (χ4v) is 3.04. The van der Waals surface area contributed by atoms with Crippen LogP contribution in [0.4, 0.5) is 0 Å². The molecule has 1 aromatic rings. The van der Waals surface area contributed by atoms with E-state index in [1.54, 1.807) is 12.1 Å². The summed E-state index contributed by atoms with van der Waals surface area (Å²) in [6, 6.07) is 7.28. The normalized spacial score (nSPS) is 20.1. The van der Waals surface area contributed by atoms with Crippen molar-refractivity contribution in [2.24, 2.45) is 27.6 Å². The number of rotatable bonds is 4. The number of nitrogens with two attached hydrogens (primary N) is 1. The van der Waals surface area contributed by atoms with Gasteiger partial charge >= 0.3 is 0 Å². The summed E-state index contributed by atoms with van der Waals surface area (Å²) in [5.41, 5.74) is 7.19. The minimum atomic E-state index is 0.0346. The first-order valence-corrected chi connectivity index (χ1v) is 7.06. The SMILES string of the molecule is CC1(C)C(C(=O)NCc2cccc(C(N)=NO)c2)C1(C)C. The van der Waals surface area contributed by atoms with E-state index in [0.29, 0.717) is 12.1 Å². The van der Waals surface area contributed by atoms with Crippen molar-refractivity contribution < 1.29 is 10.0 Å². The average Bonchev–Trinajstić information content (AvgIpc) is 2.85. The summed E-state index contributed by atoms with van der Waals surface area (Å²) >= 11 is 0. The zero-order chi connectivity index (χ0) is 15.8. The Morgan fingerprint density at radius 1 is 1.33 bits per heavy atom. The number of hydrogen-bond donors (Lipinski definition) is 3. The van der Waals surface area contributed by atoms with E-state index in [9.17, 15) is 4.79 Å². The third kappa shape index (κ3) is 2.60. The Balaban J connectivity index is 2.00. The molecule has 1 saturated carbocycles. The lowest BCUT2D eigenvalue weighted by atomic mass is 10.0. The number of benzene rings is 1. The lowest BCUT2D eigenvalue weighted by Crippen LogP contribution is -2.27. The second-order valence-electron chi connectivity index (χ2n) is 6.78. The van der Waals surface area contributed by atoms with Crippen molar-refractivity contribution in [1.29, 1.82) is 0 Å². The topological polar surface area (TPSA) is 87.7 Å². The number of nitrogens with zero attached hydrogens (tertiary/aromatic N) is 1. The molecule has 21 heavy (non-hydrogen) atoms. The van der Waals surface area contributed by atoms with Crippen LogP contribution in [-0.2, 0) is 11.3 Å². The summed E-state index contributed by atoms with van der Waals surface area (Å²) in [6.07, 6.45) is 0. The van der Waals surface area contributed by atoms with Crippen molar-refractivity contribution in [1.82, 2.24) is 5.32 Å². The zero-order valence-electron chi connectivity index (χ0n) is 13.0. The second kappa shape index (κ2) is 5.06. The molecule has 2 rings (SSSR count). The fourth-order valence-electron chi connectivity index (χ4n) is 3.04. The molecule has 5 nitrogen and oxygen atoms in total. The first-order valence-electron chi connectivity index (χ1n) is 7.06. The van der Waals surface area contributed by atoms with Crippen molar-refractivity contribution in [3.63, 3.8) is 0 Å². The van der Waals surface area contributed by atoms with Crippen LogP contribution < -0.4 is 11.1 Å². The quantitative estimate of drug-likeness (QED) is 0.343. The molecule has 0 aromatic heterocycles. The van der Waals surface area contributed by atoms with Gasteiger partial charge in [0.05, 0.1) is 0 Å². The fraction of sp³-hybridized carbons (Fsp3) is 0.500. The Morgan fingerprint density at radius 3 is 2.48 bits per heavy atom. The van der Waals surface area contributed by atoms with Gasteiger partial charge in [0, 0.05) is 18.0 Å². The smallest absolute Gasteiger partial charge is 0.224 e. The highest BCUT2D eigenvalue weighted by Crippen LogP contribution is 2.68. The van der Waals surface area contributed by atoms with Crippen LogP contribution in [-0.4, -0.2) is 17.0 Å². The van der Waals surface area contributed by atoms with E-state index >= 15 is 0 Å². The molecule has 1 aliphatic carbocycles. The molecule has 0 atom stereocenters. The van der Waals surface area contributed by atoms with Crippen LogP contribution >= 0.6 is 0 Å². The van der Waals surface area contributed by atoms with Gasteiger partial charge in [-0.1, -0.05) is 51.0 Å². The summed E-state index contributed by atoms with van der Waals surface area (Å²) < 4.78 is 0. The van der Waals surface area contributed by atoms with Crippen molar-refractivity contribution in [2.45, 2.75) is 34.2 Å². The third-order valence-corrected chi connectivity index (χ3v) is 5.08. The molecule has 5 heteroatoms. The predicted molar refractivity (Wildman–Crippen MR) is 81.9 cm³/mol. The van der Waals surface area contributed by atoms with Crippen molar-refractivity contribution in [3.8, 4) is 0 Å². The number of carbonyl (C=O) groups is 1. The maximum Gasteiger partial charge on any atom is 0.224 e. The largest absolute Gasteiger partial charge is 0.409 e. The summed E-state index contributed by atoms with van der Waals surface area (Å²) in [7, 11) is 0. The average molecular weight is 289 g/mol. The highest BCUT2D eigenvalue weighted by atomic mass is 16.4. The Labute approximate surface area is 125 Å². The van der Waals surface area contributed by atoms with Gasteiger partial charge < -0.3 is 16.3 Å². The molecular weight excluding hydrogens is 266 g/mol. The van der Waals surface area contributed by atoms with E-state index < -0.39 is 0 Å². The number of nitrogens with one attached hydrogen (secondary N) is 1. The molecule has 0 heterocycles. The van der Waals surface area contributed by atoms with Gasteiger partial charge in [-0.25, -0.2) is 0 Å². The monoisotopic (exact) mass is 289 g/mol.